The van der Waals surface area contributed by atoms with Crippen LogP contribution in [0.15, 0.2) is 58.5 Å². The van der Waals surface area contributed by atoms with Crippen molar-refractivity contribution in [3.05, 3.63) is 70.8 Å². The number of allylic oxidation sites excluding steroid dienone is 2. The third-order valence-electron chi connectivity index (χ3n) is 4.81. The summed E-state index contributed by atoms with van der Waals surface area (Å²) in [4.78, 5) is 10.1. The van der Waals surface area contributed by atoms with Crippen molar-refractivity contribution in [2.45, 2.75) is 73.6 Å². The van der Waals surface area contributed by atoms with Crippen LogP contribution in [0.2, 0.25) is 0 Å². The fourth-order valence-electron chi connectivity index (χ4n) is 3.64. The number of benzene rings is 2. The maximum atomic E-state index is 5.07. The van der Waals surface area contributed by atoms with Crippen molar-refractivity contribution in [1.29, 1.82) is 0 Å². The van der Waals surface area contributed by atoms with Crippen molar-refractivity contribution in [3.8, 4) is 0 Å². The summed E-state index contributed by atoms with van der Waals surface area (Å²) in [6.45, 7) is 12.8. The number of aryl methyl sites for hydroxylation is 4. The monoisotopic (exact) mass is 446 g/mol. The normalized spacial score (nSPS) is 12.3. The quantitative estimate of drug-likeness (QED) is 0.210. The Labute approximate surface area is 193 Å². The molecule has 0 N–H and O–H groups in total. The van der Waals surface area contributed by atoms with Gasteiger partial charge in [0.15, 0.2) is 0 Å². The SMILES string of the molecule is C\C=C/C(=N\c1cc(C)cc(C)c1)C(/CCCCCC)=N/c1cc(C)cc(C)c1.[Ni]. The smallest absolute Gasteiger partial charge is 0.0848 e. The molecule has 2 nitrogen and oxygen atoms in total. The Hall–Kier alpha value is -1.99. The number of hydrogen-bond donors (Lipinski definition) is 0. The topological polar surface area (TPSA) is 24.7 Å². The largest absolute Gasteiger partial charge is 0.251 e. The first-order chi connectivity index (χ1) is 13.9. The maximum Gasteiger partial charge on any atom is 0.0848 e. The average molecular weight is 447 g/mol. The number of unbranched alkanes of at least 4 members (excludes halogenated alkanes) is 3. The van der Waals surface area contributed by atoms with Crippen LogP contribution in [0.1, 0.15) is 68.2 Å². The van der Waals surface area contributed by atoms with E-state index >= 15 is 0 Å². The van der Waals surface area contributed by atoms with Gasteiger partial charge in [-0.05, 0) is 100 Å². The first kappa shape index (κ1) is 26.0. The predicted octanol–water partition coefficient (Wildman–Crippen LogP) is 8.31. The average Bonchev–Trinajstić information content (AvgIpc) is 2.62. The molecule has 0 aromatic heterocycles. The van der Waals surface area contributed by atoms with E-state index in [2.05, 4.69) is 83.2 Å². The molecular weight excluding hydrogens is 411 g/mol. The summed E-state index contributed by atoms with van der Waals surface area (Å²) in [6, 6.07) is 13.0. The molecule has 0 aliphatic rings. The molecule has 0 radical (unpaired) electrons. The summed E-state index contributed by atoms with van der Waals surface area (Å²) >= 11 is 0. The van der Waals surface area contributed by atoms with Crippen LogP contribution in [0.3, 0.4) is 0 Å². The van der Waals surface area contributed by atoms with Crippen LogP contribution < -0.4 is 0 Å². The summed E-state index contributed by atoms with van der Waals surface area (Å²) in [5.74, 6) is 0. The number of aliphatic imine (C=N–C) groups is 2. The summed E-state index contributed by atoms with van der Waals surface area (Å²) in [6.07, 6.45) is 9.98. The minimum Gasteiger partial charge on any atom is -0.251 e. The van der Waals surface area contributed by atoms with Gasteiger partial charge in [0, 0.05) is 16.5 Å². The van der Waals surface area contributed by atoms with E-state index in [1.807, 2.05) is 6.92 Å². The van der Waals surface area contributed by atoms with Crippen LogP contribution in [0.25, 0.3) is 0 Å². The molecule has 0 aliphatic heterocycles. The molecular formula is C27H36N2Ni. The minimum atomic E-state index is 0. The Morgan fingerprint density at radius 2 is 1.23 bits per heavy atom. The van der Waals surface area contributed by atoms with E-state index in [1.165, 1.54) is 41.5 Å². The van der Waals surface area contributed by atoms with E-state index in [0.717, 1.165) is 35.6 Å². The molecule has 3 heteroatoms. The van der Waals surface area contributed by atoms with Gasteiger partial charge in [-0.2, -0.15) is 0 Å². The second kappa shape index (κ2) is 13.3. The van der Waals surface area contributed by atoms with Gasteiger partial charge in [-0.3, -0.25) is 4.99 Å². The van der Waals surface area contributed by atoms with Crippen LogP contribution in [0.4, 0.5) is 11.4 Å². The Kier molecular flexibility index (Phi) is 11.6. The third-order valence-corrected chi connectivity index (χ3v) is 4.81. The van der Waals surface area contributed by atoms with Crippen LogP contribution in [-0.4, -0.2) is 11.4 Å². The van der Waals surface area contributed by atoms with Gasteiger partial charge >= 0.3 is 0 Å². The van der Waals surface area contributed by atoms with Gasteiger partial charge in [-0.15, -0.1) is 0 Å². The summed E-state index contributed by atoms with van der Waals surface area (Å²) < 4.78 is 0. The van der Waals surface area contributed by atoms with Crippen LogP contribution >= 0.6 is 0 Å². The zero-order chi connectivity index (χ0) is 21.2. The fraction of sp³-hybridized carbons (Fsp3) is 0.407. The molecule has 0 unspecified atom stereocenters. The molecule has 0 bridgehead atoms. The van der Waals surface area contributed by atoms with Gasteiger partial charge in [-0.1, -0.05) is 44.4 Å². The molecule has 0 atom stereocenters. The Morgan fingerprint density at radius 1 is 0.733 bits per heavy atom. The molecule has 0 saturated carbocycles. The number of nitrogens with zero attached hydrogens (tertiary/aromatic N) is 2. The fourth-order valence-corrected chi connectivity index (χ4v) is 3.64. The standard InChI is InChI=1S/C27H36N2.Ni/c1-7-9-10-11-13-27(29-25-18-22(5)15-23(6)19-25)26(12-8-2)28-24-16-20(3)14-21(4)17-24;/h8,12,14-19H,7,9-11,13H2,1-6H3;/b12-8-,28-26+,29-27+;. The van der Waals surface area contributed by atoms with Crippen LogP contribution in [0, 0.1) is 27.7 Å². The number of rotatable bonds is 9. The maximum absolute atomic E-state index is 5.07. The molecule has 164 valence electrons. The van der Waals surface area contributed by atoms with E-state index < -0.39 is 0 Å². The van der Waals surface area contributed by atoms with E-state index in [4.69, 9.17) is 9.98 Å². The summed E-state index contributed by atoms with van der Waals surface area (Å²) in [5.41, 5.74) is 9.01. The van der Waals surface area contributed by atoms with Gasteiger partial charge in [0.25, 0.3) is 0 Å². The molecule has 0 fully saturated rings. The Bertz CT molecular complexity index is 867. The van der Waals surface area contributed by atoms with Crippen LogP contribution in [-0.2, 0) is 16.5 Å². The summed E-state index contributed by atoms with van der Waals surface area (Å²) in [5, 5.41) is 0. The first-order valence-corrected chi connectivity index (χ1v) is 10.9. The third kappa shape index (κ3) is 8.80. The second-order valence-corrected chi connectivity index (χ2v) is 8.06. The molecule has 0 spiro atoms. The Balaban J connectivity index is 0.00000450. The van der Waals surface area contributed by atoms with Gasteiger partial charge in [0.2, 0.25) is 0 Å². The zero-order valence-corrected chi connectivity index (χ0v) is 20.4. The zero-order valence-electron chi connectivity index (χ0n) is 19.4. The van der Waals surface area contributed by atoms with Gasteiger partial charge in [0.05, 0.1) is 22.8 Å². The first-order valence-electron chi connectivity index (χ1n) is 10.9. The molecule has 2 rings (SSSR count). The van der Waals surface area contributed by atoms with Crippen molar-refractivity contribution in [3.63, 3.8) is 0 Å². The van der Waals surface area contributed by atoms with E-state index in [9.17, 15) is 0 Å². The number of hydrogen-bond acceptors (Lipinski definition) is 2. The van der Waals surface area contributed by atoms with Crippen LogP contribution in [0.5, 0.6) is 0 Å². The molecule has 0 amide bonds. The van der Waals surface area contributed by atoms with E-state index in [0.29, 0.717) is 0 Å². The van der Waals surface area contributed by atoms with Crippen molar-refractivity contribution in [2.24, 2.45) is 9.98 Å². The molecule has 2 aromatic rings. The predicted molar refractivity (Wildman–Crippen MR) is 130 cm³/mol. The Morgan fingerprint density at radius 3 is 1.70 bits per heavy atom. The van der Waals surface area contributed by atoms with Gasteiger partial charge in [0.1, 0.15) is 0 Å². The van der Waals surface area contributed by atoms with Crippen molar-refractivity contribution in [1.82, 2.24) is 0 Å². The molecule has 2 aromatic carbocycles. The molecule has 0 heterocycles. The van der Waals surface area contributed by atoms with Crippen molar-refractivity contribution < 1.29 is 16.5 Å². The van der Waals surface area contributed by atoms with Gasteiger partial charge < -0.3 is 0 Å². The minimum absolute atomic E-state index is 0. The van der Waals surface area contributed by atoms with E-state index in [1.54, 1.807) is 0 Å². The molecule has 0 saturated heterocycles. The van der Waals surface area contributed by atoms with Gasteiger partial charge in [-0.25, -0.2) is 4.99 Å². The van der Waals surface area contributed by atoms with Crippen molar-refractivity contribution in [2.75, 3.05) is 0 Å². The second-order valence-electron chi connectivity index (χ2n) is 8.06. The van der Waals surface area contributed by atoms with E-state index in [-0.39, 0.29) is 16.5 Å². The summed E-state index contributed by atoms with van der Waals surface area (Å²) in [7, 11) is 0. The van der Waals surface area contributed by atoms with Crippen molar-refractivity contribution >= 4 is 22.8 Å². The molecule has 30 heavy (non-hydrogen) atoms. The molecule has 0 aliphatic carbocycles.